The fraction of sp³-hybridized carbons (Fsp3) is 0.471. The molecular formula is C17H21N3O3. The standard InChI is InChI=1S/C17H21N3O3/c1-12-5-4-9-19(11-12)15(21)8-10-20-14-7-3-2-6-13(14)16(22)18-17(20)23/h2-3,6-7,12H,4-5,8-11H2,1H3,(H,18,22,23)/t12-/m0/s1. The number of hydrogen-bond donors (Lipinski definition) is 1. The third-order valence-corrected chi connectivity index (χ3v) is 4.46. The zero-order valence-corrected chi connectivity index (χ0v) is 13.2. The van der Waals surface area contributed by atoms with Crippen LogP contribution >= 0.6 is 0 Å². The van der Waals surface area contributed by atoms with Crippen molar-refractivity contribution >= 4 is 16.8 Å². The summed E-state index contributed by atoms with van der Waals surface area (Å²) in [4.78, 5) is 40.5. The molecular weight excluding hydrogens is 294 g/mol. The molecule has 1 aliphatic rings. The average Bonchev–Trinajstić information content (AvgIpc) is 2.54. The summed E-state index contributed by atoms with van der Waals surface area (Å²) in [6, 6.07) is 6.95. The minimum atomic E-state index is -0.464. The van der Waals surface area contributed by atoms with Gasteiger partial charge in [0.15, 0.2) is 0 Å². The van der Waals surface area contributed by atoms with Gasteiger partial charge >= 0.3 is 5.69 Å². The maximum atomic E-state index is 12.4. The Morgan fingerprint density at radius 2 is 2.09 bits per heavy atom. The number of aromatic nitrogens is 2. The molecule has 0 unspecified atom stereocenters. The summed E-state index contributed by atoms with van der Waals surface area (Å²) in [5.74, 6) is 0.600. The van der Waals surface area contributed by atoms with Gasteiger partial charge in [-0.2, -0.15) is 0 Å². The van der Waals surface area contributed by atoms with Gasteiger partial charge in [0, 0.05) is 26.1 Å². The second-order valence-corrected chi connectivity index (χ2v) is 6.27. The van der Waals surface area contributed by atoms with E-state index in [0.717, 1.165) is 25.9 Å². The molecule has 6 heteroatoms. The van der Waals surface area contributed by atoms with Crippen LogP contribution in [0.2, 0.25) is 0 Å². The first-order chi connectivity index (χ1) is 11.1. The number of likely N-dealkylation sites (tertiary alicyclic amines) is 1. The number of rotatable bonds is 3. The summed E-state index contributed by atoms with van der Waals surface area (Å²) in [5.41, 5.74) is -0.285. The monoisotopic (exact) mass is 315 g/mol. The fourth-order valence-electron chi connectivity index (χ4n) is 3.25. The summed E-state index contributed by atoms with van der Waals surface area (Å²) < 4.78 is 1.47. The minimum absolute atomic E-state index is 0.0683. The third kappa shape index (κ3) is 3.21. The zero-order valence-electron chi connectivity index (χ0n) is 13.2. The normalized spacial score (nSPS) is 18.3. The number of benzene rings is 1. The van der Waals surface area contributed by atoms with Gasteiger partial charge in [0.25, 0.3) is 5.56 Å². The molecule has 1 N–H and O–H groups in total. The fourth-order valence-corrected chi connectivity index (χ4v) is 3.25. The maximum Gasteiger partial charge on any atom is 0.328 e. The number of fused-ring (bicyclic) bond motifs is 1. The van der Waals surface area contributed by atoms with Crippen molar-refractivity contribution in [2.45, 2.75) is 32.7 Å². The molecule has 1 aromatic carbocycles. The lowest BCUT2D eigenvalue weighted by molar-refractivity contribution is -0.133. The van der Waals surface area contributed by atoms with Gasteiger partial charge in [-0.25, -0.2) is 4.79 Å². The number of para-hydroxylation sites is 1. The van der Waals surface area contributed by atoms with Crippen LogP contribution in [0.25, 0.3) is 10.9 Å². The predicted molar refractivity (Wildman–Crippen MR) is 88.4 cm³/mol. The summed E-state index contributed by atoms with van der Waals surface area (Å²) in [7, 11) is 0. The number of carbonyl (C=O) groups is 1. The van der Waals surface area contributed by atoms with Crippen LogP contribution in [0, 0.1) is 5.92 Å². The molecule has 23 heavy (non-hydrogen) atoms. The molecule has 1 amide bonds. The van der Waals surface area contributed by atoms with E-state index >= 15 is 0 Å². The van der Waals surface area contributed by atoms with Gasteiger partial charge in [0.05, 0.1) is 10.9 Å². The second kappa shape index (κ2) is 6.40. The number of carbonyl (C=O) groups excluding carboxylic acids is 1. The van der Waals surface area contributed by atoms with Crippen molar-refractivity contribution in [1.82, 2.24) is 14.5 Å². The number of amides is 1. The highest BCUT2D eigenvalue weighted by molar-refractivity contribution is 5.79. The Kier molecular flexibility index (Phi) is 4.32. The Morgan fingerprint density at radius 1 is 1.30 bits per heavy atom. The first-order valence-corrected chi connectivity index (χ1v) is 8.06. The minimum Gasteiger partial charge on any atom is -0.342 e. The van der Waals surface area contributed by atoms with E-state index in [1.54, 1.807) is 24.3 Å². The largest absolute Gasteiger partial charge is 0.342 e. The van der Waals surface area contributed by atoms with Gasteiger partial charge in [-0.05, 0) is 30.9 Å². The van der Waals surface area contributed by atoms with Crippen molar-refractivity contribution in [3.05, 3.63) is 45.1 Å². The molecule has 0 aliphatic carbocycles. The number of aromatic amines is 1. The lowest BCUT2D eigenvalue weighted by Gasteiger charge is -2.31. The molecule has 1 aromatic heterocycles. The Hall–Kier alpha value is -2.37. The first-order valence-electron chi connectivity index (χ1n) is 8.06. The summed E-state index contributed by atoms with van der Waals surface area (Å²) in [6.07, 6.45) is 2.46. The number of nitrogens with one attached hydrogen (secondary N) is 1. The smallest absolute Gasteiger partial charge is 0.328 e. The quantitative estimate of drug-likeness (QED) is 0.928. The van der Waals surface area contributed by atoms with E-state index in [2.05, 4.69) is 11.9 Å². The van der Waals surface area contributed by atoms with E-state index in [0.29, 0.717) is 16.8 Å². The summed E-state index contributed by atoms with van der Waals surface area (Å²) >= 11 is 0. The molecule has 1 saturated heterocycles. The molecule has 2 heterocycles. The van der Waals surface area contributed by atoms with Crippen molar-refractivity contribution in [3.63, 3.8) is 0 Å². The van der Waals surface area contributed by atoms with Crippen LogP contribution in [0.1, 0.15) is 26.2 Å². The summed E-state index contributed by atoms with van der Waals surface area (Å²) in [5, 5.41) is 0.464. The third-order valence-electron chi connectivity index (χ3n) is 4.46. The van der Waals surface area contributed by atoms with Crippen molar-refractivity contribution in [1.29, 1.82) is 0 Å². The molecule has 2 aromatic rings. The molecule has 1 atom stereocenters. The molecule has 3 rings (SSSR count). The molecule has 0 radical (unpaired) electrons. The number of nitrogens with zero attached hydrogens (tertiary/aromatic N) is 2. The van der Waals surface area contributed by atoms with Crippen LogP contribution < -0.4 is 11.2 Å². The van der Waals surface area contributed by atoms with Crippen LogP contribution in [0.3, 0.4) is 0 Å². The van der Waals surface area contributed by atoms with Crippen molar-refractivity contribution in [2.75, 3.05) is 13.1 Å². The Labute approximate surface area is 133 Å². The molecule has 1 fully saturated rings. The Balaban J connectivity index is 1.81. The number of H-pyrrole nitrogens is 1. The number of piperidine rings is 1. The van der Waals surface area contributed by atoms with Gasteiger partial charge in [-0.3, -0.25) is 19.1 Å². The van der Waals surface area contributed by atoms with Crippen LogP contribution in [0.4, 0.5) is 0 Å². The lowest BCUT2D eigenvalue weighted by atomic mass is 10.00. The summed E-state index contributed by atoms with van der Waals surface area (Å²) in [6.45, 7) is 4.02. The molecule has 0 bridgehead atoms. The van der Waals surface area contributed by atoms with E-state index in [1.807, 2.05) is 4.90 Å². The topological polar surface area (TPSA) is 75.2 Å². The van der Waals surface area contributed by atoms with Crippen LogP contribution in [0.5, 0.6) is 0 Å². The predicted octanol–water partition coefficient (Wildman–Crippen LogP) is 1.34. The highest BCUT2D eigenvalue weighted by atomic mass is 16.2. The van der Waals surface area contributed by atoms with Crippen LogP contribution in [-0.4, -0.2) is 33.4 Å². The zero-order chi connectivity index (χ0) is 16.4. The van der Waals surface area contributed by atoms with Crippen molar-refractivity contribution in [3.8, 4) is 0 Å². The van der Waals surface area contributed by atoms with Crippen molar-refractivity contribution < 1.29 is 4.79 Å². The lowest BCUT2D eigenvalue weighted by Crippen LogP contribution is -2.40. The van der Waals surface area contributed by atoms with Crippen molar-refractivity contribution in [2.24, 2.45) is 5.92 Å². The first kappa shape index (κ1) is 15.5. The maximum absolute atomic E-state index is 12.4. The van der Waals surface area contributed by atoms with Gasteiger partial charge < -0.3 is 4.90 Å². The molecule has 0 saturated carbocycles. The van der Waals surface area contributed by atoms with E-state index in [4.69, 9.17) is 0 Å². The number of aryl methyl sites for hydroxylation is 1. The van der Waals surface area contributed by atoms with Gasteiger partial charge in [0.2, 0.25) is 5.91 Å². The highest BCUT2D eigenvalue weighted by Gasteiger charge is 2.21. The molecule has 0 spiro atoms. The van der Waals surface area contributed by atoms with E-state index in [9.17, 15) is 14.4 Å². The number of hydrogen-bond acceptors (Lipinski definition) is 3. The van der Waals surface area contributed by atoms with Gasteiger partial charge in [-0.15, -0.1) is 0 Å². The molecule has 122 valence electrons. The Bertz CT molecular complexity index is 837. The highest BCUT2D eigenvalue weighted by Crippen LogP contribution is 2.16. The van der Waals surface area contributed by atoms with E-state index in [1.165, 1.54) is 4.57 Å². The Morgan fingerprint density at radius 3 is 2.87 bits per heavy atom. The van der Waals surface area contributed by atoms with Gasteiger partial charge in [-0.1, -0.05) is 19.1 Å². The van der Waals surface area contributed by atoms with E-state index in [-0.39, 0.29) is 18.9 Å². The van der Waals surface area contributed by atoms with Crippen LogP contribution in [-0.2, 0) is 11.3 Å². The SMILES string of the molecule is C[C@H]1CCCN(C(=O)CCn2c(=O)[nH]c(=O)c3ccccc32)C1. The second-order valence-electron chi connectivity index (χ2n) is 6.27. The van der Waals surface area contributed by atoms with Gasteiger partial charge in [0.1, 0.15) is 0 Å². The van der Waals surface area contributed by atoms with Crippen LogP contribution in [0.15, 0.2) is 33.9 Å². The van der Waals surface area contributed by atoms with E-state index < -0.39 is 11.2 Å². The molecule has 6 nitrogen and oxygen atoms in total. The average molecular weight is 315 g/mol. The molecule has 1 aliphatic heterocycles.